The van der Waals surface area contributed by atoms with Gasteiger partial charge in [-0.1, -0.05) is 36.4 Å². The molecule has 0 saturated carbocycles. The van der Waals surface area contributed by atoms with Crippen molar-refractivity contribution in [1.29, 1.82) is 0 Å². The summed E-state index contributed by atoms with van der Waals surface area (Å²) < 4.78 is 0. The average molecular weight is 256 g/mol. The minimum atomic E-state index is -0.0127. The van der Waals surface area contributed by atoms with E-state index in [0.29, 0.717) is 6.54 Å². The first-order valence-corrected chi connectivity index (χ1v) is 6.71. The summed E-state index contributed by atoms with van der Waals surface area (Å²) >= 11 is 0. The van der Waals surface area contributed by atoms with Gasteiger partial charge in [0, 0.05) is 11.6 Å². The molecule has 0 aromatic heterocycles. The summed E-state index contributed by atoms with van der Waals surface area (Å²) in [6, 6.07) is 13.9. The molecule has 3 N–H and O–H groups in total. The molecule has 0 bridgehead atoms. The minimum Gasteiger partial charge on any atom is -0.350 e. The standard InChI is InChI=1S/C16H20N2O/c1-12(6-5-11-17)18-16(19)15-10-4-8-13-7-2-3-9-14(13)15/h2-4,7-10,12H,5-6,11,17H2,1H3,(H,18,19). The molecule has 0 radical (unpaired) electrons. The highest BCUT2D eigenvalue weighted by Gasteiger charge is 2.11. The Morgan fingerprint density at radius 2 is 1.95 bits per heavy atom. The number of fused-ring (bicyclic) bond motifs is 1. The summed E-state index contributed by atoms with van der Waals surface area (Å²) in [4.78, 5) is 12.3. The Morgan fingerprint density at radius 3 is 2.74 bits per heavy atom. The topological polar surface area (TPSA) is 55.1 Å². The Bertz CT molecular complexity index is 560. The molecule has 3 nitrogen and oxygen atoms in total. The quantitative estimate of drug-likeness (QED) is 0.864. The number of nitrogens with two attached hydrogens (primary N) is 1. The molecular formula is C16H20N2O. The highest BCUT2D eigenvalue weighted by atomic mass is 16.1. The van der Waals surface area contributed by atoms with E-state index >= 15 is 0 Å². The Morgan fingerprint density at radius 1 is 1.21 bits per heavy atom. The molecule has 2 aromatic rings. The van der Waals surface area contributed by atoms with Gasteiger partial charge in [0.25, 0.3) is 5.91 Å². The molecule has 3 heteroatoms. The van der Waals surface area contributed by atoms with Crippen molar-refractivity contribution in [3.05, 3.63) is 48.0 Å². The third-order valence-corrected chi connectivity index (χ3v) is 3.25. The first-order valence-electron chi connectivity index (χ1n) is 6.71. The molecule has 1 unspecified atom stereocenters. The van der Waals surface area contributed by atoms with Gasteiger partial charge in [0.05, 0.1) is 0 Å². The lowest BCUT2D eigenvalue weighted by atomic mass is 10.0. The number of amides is 1. The second kappa shape index (κ2) is 6.34. The Hall–Kier alpha value is -1.87. The molecule has 0 heterocycles. The molecule has 0 spiro atoms. The van der Waals surface area contributed by atoms with Gasteiger partial charge in [-0.25, -0.2) is 0 Å². The van der Waals surface area contributed by atoms with E-state index in [1.54, 1.807) is 0 Å². The number of carbonyl (C=O) groups is 1. The fourth-order valence-corrected chi connectivity index (χ4v) is 2.22. The molecule has 0 fully saturated rings. The van der Waals surface area contributed by atoms with Crippen molar-refractivity contribution in [2.45, 2.75) is 25.8 Å². The van der Waals surface area contributed by atoms with Crippen molar-refractivity contribution in [3.63, 3.8) is 0 Å². The van der Waals surface area contributed by atoms with Crippen molar-refractivity contribution in [2.24, 2.45) is 5.73 Å². The lowest BCUT2D eigenvalue weighted by Crippen LogP contribution is -2.33. The van der Waals surface area contributed by atoms with Gasteiger partial charge >= 0.3 is 0 Å². The number of hydrogen-bond acceptors (Lipinski definition) is 2. The Kier molecular flexibility index (Phi) is 4.53. The molecule has 19 heavy (non-hydrogen) atoms. The van der Waals surface area contributed by atoms with Crippen LogP contribution in [-0.2, 0) is 0 Å². The largest absolute Gasteiger partial charge is 0.350 e. The summed E-state index contributed by atoms with van der Waals surface area (Å²) in [5.41, 5.74) is 6.21. The van der Waals surface area contributed by atoms with E-state index in [9.17, 15) is 4.79 Å². The van der Waals surface area contributed by atoms with Crippen LogP contribution in [0.3, 0.4) is 0 Å². The average Bonchev–Trinajstić information content (AvgIpc) is 2.44. The fraction of sp³-hybridized carbons (Fsp3) is 0.312. The minimum absolute atomic E-state index is 0.0127. The number of carbonyl (C=O) groups excluding carboxylic acids is 1. The van der Waals surface area contributed by atoms with E-state index in [0.717, 1.165) is 29.2 Å². The van der Waals surface area contributed by atoms with Gasteiger partial charge < -0.3 is 11.1 Å². The summed E-state index contributed by atoms with van der Waals surface area (Å²) in [6.07, 6.45) is 1.84. The summed E-state index contributed by atoms with van der Waals surface area (Å²) in [6.45, 7) is 2.67. The van der Waals surface area contributed by atoms with E-state index in [1.165, 1.54) is 0 Å². The molecule has 0 aliphatic rings. The van der Waals surface area contributed by atoms with E-state index in [2.05, 4.69) is 5.32 Å². The van der Waals surface area contributed by atoms with E-state index in [-0.39, 0.29) is 11.9 Å². The lowest BCUT2D eigenvalue weighted by molar-refractivity contribution is 0.0940. The van der Waals surface area contributed by atoms with Crippen LogP contribution in [0.4, 0.5) is 0 Å². The smallest absolute Gasteiger partial charge is 0.252 e. The molecule has 2 aromatic carbocycles. The Labute approximate surface area is 113 Å². The van der Waals surface area contributed by atoms with Crippen LogP contribution in [0.1, 0.15) is 30.1 Å². The van der Waals surface area contributed by atoms with Gasteiger partial charge in [0.15, 0.2) is 0 Å². The van der Waals surface area contributed by atoms with Gasteiger partial charge in [-0.05, 0) is 43.1 Å². The zero-order chi connectivity index (χ0) is 13.7. The maximum Gasteiger partial charge on any atom is 0.252 e. The third kappa shape index (κ3) is 3.32. The molecule has 0 aliphatic heterocycles. The van der Waals surface area contributed by atoms with Gasteiger partial charge in [-0.15, -0.1) is 0 Å². The van der Waals surface area contributed by atoms with Crippen LogP contribution in [-0.4, -0.2) is 18.5 Å². The molecule has 2 rings (SSSR count). The second-order valence-electron chi connectivity index (χ2n) is 4.83. The van der Waals surface area contributed by atoms with Gasteiger partial charge in [-0.2, -0.15) is 0 Å². The zero-order valence-electron chi connectivity index (χ0n) is 11.2. The normalized spacial score (nSPS) is 12.3. The summed E-state index contributed by atoms with van der Waals surface area (Å²) in [5, 5.41) is 5.11. The highest BCUT2D eigenvalue weighted by Crippen LogP contribution is 2.18. The van der Waals surface area contributed by atoms with Crippen molar-refractivity contribution < 1.29 is 4.79 Å². The van der Waals surface area contributed by atoms with Gasteiger partial charge in [0.2, 0.25) is 0 Å². The fourth-order valence-electron chi connectivity index (χ4n) is 2.22. The van der Waals surface area contributed by atoms with Gasteiger partial charge in [-0.3, -0.25) is 4.79 Å². The summed E-state index contributed by atoms with van der Waals surface area (Å²) in [7, 11) is 0. The zero-order valence-corrected chi connectivity index (χ0v) is 11.2. The van der Waals surface area contributed by atoms with E-state index in [1.807, 2.05) is 49.4 Å². The SMILES string of the molecule is CC(CCCN)NC(=O)c1cccc2ccccc12. The van der Waals surface area contributed by atoms with Crippen molar-refractivity contribution in [3.8, 4) is 0 Å². The maximum atomic E-state index is 12.3. The number of rotatable bonds is 5. The van der Waals surface area contributed by atoms with Crippen LogP contribution in [0.2, 0.25) is 0 Å². The molecule has 1 amide bonds. The van der Waals surface area contributed by atoms with Crippen LogP contribution >= 0.6 is 0 Å². The molecule has 100 valence electrons. The predicted molar refractivity (Wildman–Crippen MR) is 79.2 cm³/mol. The van der Waals surface area contributed by atoms with Crippen molar-refractivity contribution in [1.82, 2.24) is 5.32 Å². The second-order valence-corrected chi connectivity index (χ2v) is 4.83. The molecule has 1 atom stereocenters. The van der Waals surface area contributed by atoms with Crippen LogP contribution in [0.5, 0.6) is 0 Å². The number of hydrogen-bond donors (Lipinski definition) is 2. The molecule has 0 saturated heterocycles. The van der Waals surface area contributed by atoms with Crippen LogP contribution in [0.25, 0.3) is 10.8 Å². The molecule has 0 aliphatic carbocycles. The van der Waals surface area contributed by atoms with Gasteiger partial charge in [0.1, 0.15) is 0 Å². The summed E-state index contributed by atoms with van der Waals surface area (Å²) in [5.74, 6) is -0.0127. The number of benzene rings is 2. The first-order chi connectivity index (χ1) is 9.22. The van der Waals surface area contributed by atoms with Crippen molar-refractivity contribution >= 4 is 16.7 Å². The first kappa shape index (κ1) is 13.6. The third-order valence-electron chi connectivity index (χ3n) is 3.25. The van der Waals surface area contributed by atoms with Crippen LogP contribution in [0.15, 0.2) is 42.5 Å². The van der Waals surface area contributed by atoms with E-state index < -0.39 is 0 Å². The van der Waals surface area contributed by atoms with Crippen LogP contribution in [0, 0.1) is 0 Å². The number of nitrogens with one attached hydrogen (secondary N) is 1. The van der Waals surface area contributed by atoms with Crippen LogP contribution < -0.4 is 11.1 Å². The van der Waals surface area contributed by atoms with Crippen molar-refractivity contribution in [2.75, 3.05) is 6.54 Å². The Balaban J connectivity index is 2.17. The lowest BCUT2D eigenvalue weighted by Gasteiger charge is -2.14. The van der Waals surface area contributed by atoms with E-state index in [4.69, 9.17) is 5.73 Å². The monoisotopic (exact) mass is 256 g/mol. The maximum absolute atomic E-state index is 12.3. The highest BCUT2D eigenvalue weighted by molar-refractivity contribution is 6.07. The predicted octanol–water partition coefficient (Wildman–Crippen LogP) is 2.70. The molecular weight excluding hydrogens is 236 g/mol.